The number of carboxylic acid groups (broad SMARTS) is 1. The minimum absolute atomic E-state index is 0.114. The van der Waals surface area contributed by atoms with Crippen LogP contribution in [0.25, 0.3) is 0 Å². The fourth-order valence-electron chi connectivity index (χ4n) is 7.97. The number of allylic oxidation sites excluding steroid dienone is 2. The van der Waals surface area contributed by atoms with E-state index < -0.39 is 23.5 Å². The molecule has 3 N–H and O–H groups in total. The van der Waals surface area contributed by atoms with E-state index in [2.05, 4.69) is 36.3 Å². The van der Waals surface area contributed by atoms with Gasteiger partial charge in [-0.3, -0.25) is 4.79 Å². The predicted octanol–water partition coefficient (Wildman–Crippen LogP) is 4.30. The van der Waals surface area contributed by atoms with Crippen molar-refractivity contribution in [1.29, 1.82) is 0 Å². The summed E-state index contributed by atoms with van der Waals surface area (Å²) in [6.07, 6.45) is 16.3. The summed E-state index contributed by atoms with van der Waals surface area (Å²) in [4.78, 5) is 29.0. The molecule has 0 spiro atoms. The van der Waals surface area contributed by atoms with E-state index in [-0.39, 0.29) is 23.4 Å². The molecular formula is C29H42N2O5. The Labute approximate surface area is 215 Å². The van der Waals surface area contributed by atoms with Crippen molar-refractivity contribution in [3.8, 4) is 12.3 Å². The first-order valence-electron chi connectivity index (χ1n) is 13.6. The molecule has 36 heavy (non-hydrogen) atoms. The van der Waals surface area contributed by atoms with Crippen LogP contribution >= 0.6 is 0 Å². The number of fused-ring (bicyclic) bond motifs is 5. The number of amides is 1. The van der Waals surface area contributed by atoms with Crippen LogP contribution in [-0.4, -0.2) is 46.1 Å². The number of rotatable bonds is 7. The smallest absolute Gasteiger partial charge is 0.326 e. The minimum atomic E-state index is -1.04. The molecule has 8 unspecified atom stereocenters. The number of hydrogen-bond donors (Lipinski definition) is 3. The maximum atomic E-state index is 12.2. The number of carbonyl (C=O) groups is 2. The van der Waals surface area contributed by atoms with Crippen LogP contribution < -0.4 is 5.32 Å². The number of oxime groups is 1. The minimum Gasteiger partial charge on any atom is -0.480 e. The van der Waals surface area contributed by atoms with E-state index in [4.69, 9.17) is 11.3 Å². The van der Waals surface area contributed by atoms with E-state index in [1.54, 1.807) is 6.92 Å². The zero-order valence-electron chi connectivity index (χ0n) is 22.2. The molecular weight excluding hydrogens is 456 g/mol. The second-order valence-electron chi connectivity index (χ2n) is 12.1. The molecule has 0 bridgehead atoms. The van der Waals surface area contributed by atoms with Gasteiger partial charge in [-0.2, -0.15) is 0 Å². The van der Waals surface area contributed by atoms with E-state index in [1.165, 1.54) is 5.57 Å². The van der Waals surface area contributed by atoms with Crippen LogP contribution in [0.2, 0.25) is 0 Å². The lowest BCUT2D eigenvalue weighted by atomic mass is 9.46. The van der Waals surface area contributed by atoms with Crippen molar-refractivity contribution in [2.75, 3.05) is 6.61 Å². The summed E-state index contributed by atoms with van der Waals surface area (Å²) < 4.78 is 0. The van der Waals surface area contributed by atoms with Gasteiger partial charge in [-0.05, 0) is 86.5 Å². The van der Waals surface area contributed by atoms with Gasteiger partial charge in [0, 0.05) is 5.41 Å². The first kappa shape index (κ1) is 26.7. The lowest BCUT2D eigenvalue weighted by Gasteiger charge is -2.58. The van der Waals surface area contributed by atoms with Crippen LogP contribution in [0.4, 0.5) is 0 Å². The Hall–Kier alpha value is -2.33. The lowest BCUT2D eigenvalue weighted by Crippen LogP contribution is -2.54. The zero-order valence-corrected chi connectivity index (χ0v) is 22.2. The molecule has 0 aromatic heterocycles. The Bertz CT molecular complexity index is 998. The third kappa shape index (κ3) is 4.36. The molecule has 0 saturated heterocycles. The second kappa shape index (κ2) is 9.85. The monoisotopic (exact) mass is 498 g/mol. The number of terminal acetylenes is 1. The van der Waals surface area contributed by atoms with Crippen LogP contribution in [0.15, 0.2) is 16.8 Å². The quantitative estimate of drug-likeness (QED) is 0.358. The number of carbonyl (C=O) groups excluding carboxylic acids is 1. The Morgan fingerprint density at radius 1 is 1.22 bits per heavy atom. The van der Waals surface area contributed by atoms with Gasteiger partial charge in [-0.1, -0.05) is 50.8 Å². The molecule has 7 nitrogen and oxygen atoms in total. The summed E-state index contributed by atoms with van der Waals surface area (Å²) in [5.74, 6) is 2.70. The van der Waals surface area contributed by atoms with Gasteiger partial charge in [0.1, 0.15) is 11.6 Å². The average molecular weight is 499 g/mol. The molecule has 0 aliphatic heterocycles. The molecule has 4 rings (SSSR count). The van der Waals surface area contributed by atoms with Gasteiger partial charge in [0.25, 0.3) is 5.91 Å². The van der Waals surface area contributed by atoms with E-state index >= 15 is 0 Å². The summed E-state index contributed by atoms with van der Waals surface area (Å²) in [7, 11) is 0. The molecule has 198 valence electrons. The number of nitrogens with one attached hydrogen (secondary N) is 1. The van der Waals surface area contributed by atoms with Crippen molar-refractivity contribution in [2.45, 2.75) is 97.1 Å². The maximum Gasteiger partial charge on any atom is 0.326 e. The van der Waals surface area contributed by atoms with Crippen LogP contribution in [0, 0.1) is 46.8 Å². The summed E-state index contributed by atoms with van der Waals surface area (Å²) in [6, 6.07) is -0.930. The summed E-state index contributed by atoms with van der Waals surface area (Å²) in [6.45, 7) is 8.01. The third-order valence-electron chi connectivity index (χ3n) is 10.5. The molecule has 1 amide bonds. The summed E-state index contributed by atoms with van der Waals surface area (Å²) in [5, 5.41) is 27.3. The predicted molar refractivity (Wildman–Crippen MR) is 138 cm³/mol. The molecule has 4 aliphatic rings. The molecule has 7 heteroatoms. The molecule has 0 aromatic carbocycles. The molecule has 3 saturated carbocycles. The number of hydrogen-bond acceptors (Lipinski definition) is 5. The highest BCUT2D eigenvalue weighted by Crippen LogP contribution is 2.67. The first-order chi connectivity index (χ1) is 17.0. The molecule has 0 aromatic rings. The molecule has 3 fully saturated rings. The van der Waals surface area contributed by atoms with Crippen molar-refractivity contribution in [1.82, 2.24) is 5.32 Å². The van der Waals surface area contributed by atoms with Crippen LogP contribution in [0.1, 0.15) is 85.5 Å². The summed E-state index contributed by atoms with van der Waals surface area (Å²) >= 11 is 0. The lowest BCUT2D eigenvalue weighted by molar-refractivity contribution is -0.144. The van der Waals surface area contributed by atoms with Crippen LogP contribution in [0.3, 0.4) is 0 Å². The maximum absolute atomic E-state index is 12.2. The van der Waals surface area contributed by atoms with E-state index in [0.717, 1.165) is 50.7 Å². The third-order valence-corrected chi connectivity index (χ3v) is 10.5. The molecule has 8 atom stereocenters. The van der Waals surface area contributed by atoms with Crippen LogP contribution in [-0.2, 0) is 14.4 Å². The standard InChI is InChI=1S/C29H42N2O5/c1-6-18(3)25(26(33)34)30-24(32)17-36-31-20-10-13-27(4)19(16-20)8-9-21-22(27)11-14-28(5)23(21)12-15-29(28,35)7-2/h2,16,18,21-23,25,35H,6,8-15,17H2,1,3-5H3,(H,30,32)(H,33,34). The highest BCUT2D eigenvalue weighted by Gasteiger charge is 2.63. The number of aliphatic carboxylic acids is 1. The number of nitrogens with zero attached hydrogens (tertiary/aromatic N) is 1. The number of carboxylic acids is 1. The van der Waals surface area contributed by atoms with Gasteiger partial charge in [-0.25, -0.2) is 4.79 Å². The van der Waals surface area contributed by atoms with Gasteiger partial charge in [0.2, 0.25) is 0 Å². The highest BCUT2D eigenvalue weighted by molar-refractivity contribution is 5.96. The largest absolute Gasteiger partial charge is 0.480 e. The Kier molecular flexibility index (Phi) is 7.31. The first-order valence-corrected chi connectivity index (χ1v) is 13.6. The summed E-state index contributed by atoms with van der Waals surface area (Å²) in [5.41, 5.74) is 1.20. The van der Waals surface area contributed by atoms with Gasteiger partial charge in [0.15, 0.2) is 6.61 Å². The average Bonchev–Trinajstić information content (AvgIpc) is 3.13. The van der Waals surface area contributed by atoms with Crippen molar-refractivity contribution in [3.05, 3.63) is 11.6 Å². The fraction of sp³-hybridized carbons (Fsp3) is 0.759. The van der Waals surface area contributed by atoms with Gasteiger partial charge < -0.3 is 20.4 Å². The van der Waals surface area contributed by atoms with Crippen molar-refractivity contribution in [3.63, 3.8) is 0 Å². The van der Waals surface area contributed by atoms with E-state index in [0.29, 0.717) is 30.6 Å². The van der Waals surface area contributed by atoms with Crippen molar-refractivity contribution in [2.24, 2.45) is 39.7 Å². The normalized spacial score (nSPS) is 40.1. The topological polar surface area (TPSA) is 108 Å². The SMILES string of the molecule is C#CC1(O)CCC2C3CCC4=CC(=NOCC(=O)NC(C(=O)O)C(C)CC)CCC4(C)C3CCC21C. The van der Waals surface area contributed by atoms with E-state index in [1.807, 2.05) is 6.92 Å². The molecule has 0 heterocycles. The van der Waals surface area contributed by atoms with Gasteiger partial charge >= 0.3 is 5.97 Å². The van der Waals surface area contributed by atoms with Gasteiger partial charge in [-0.15, -0.1) is 6.42 Å². The highest BCUT2D eigenvalue weighted by atomic mass is 16.6. The second-order valence-corrected chi connectivity index (χ2v) is 12.1. The zero-order chi connectivity index (χ0) is 26.3. The number of aliphatic hydroxyl groups is 1. The van der Waals surface area contributed by atoms with Gasteiger partial charge in [0.05, 0.1) is 5.71 Å². The molecule has 0 radical (unpaired) electrons. The van der Waals surface area contributed by atoms with Crippen LogP contribution in [0.5, 0.6) is 0 Å². The van der Waals surface area contributed by atoms with E-state index in [9.17, 15) is 19.8 Å². The fourth-order valence-corrected chi connectivity index (χ4v) is 7.97. The van der Waals surface area contributed by atoms with Crippen molar-refractivity contribution >= 4 is 17.6 Å². The Balaban J connectivity index is 1.40. The van der Waals surface area contributed by atoms with Crippen molar-refractivity contribution < 1.29 is 24.6 Å². The molecule has 4 aliphatic carbocycles. The Morgan fingerprint density at radius 2 is 1.94 bits per heavy atom. The Morgan fingerprint density at radius 3 is 2.61 bits per heavy atom.